The van der Waals surface area contributed by atoms with Gasteiger partial charge in [0.2, 0.25) is 0 Å². The van der Waals surface area contributed by atoms with Gasteiger partial charge < -0.3 is 4.98 Å². The van der Waals surface area contributed by atoms with Crippen LogP contribution in [0.25, 0.3) is 5.69 Å². The molecule has 0 spiro atoms. The zero-order valence-corrected chi connectivity index (χ0v) is 10.5. The Labute approximate surface area is 111 Å². The van der Waals surface area contributed by atoms with E-state index in [1.165, 1.54) is 13.0 Å². The molecule has 7 heteroatoms. The molecule has 98 valence electrons. The number of H-pyrrole nitrogens is 1. The van der Waals surface area contributed by atoms with Gasteiger partial charge in [0, 0.05) is 6.20 Å². The summed E-state index contributed by atoms with van der Waals surface area (Å²) in [5.41, 5.74) is -1.73. The van der Waals surface area contributed by atoms with Gasteiger partial charge in [-0.05, 0) is 25.1 Å². The number of benzene rings is 1. The first-order valence-electron chi connectivity index (χ1n) is 5.23. The molecule has 0 amide bonds. The summed E-state index contributed by atoms with van der Waals surface area (Å²) in [6.07, 6.45) is 1.04. The van der Waals surface area contributed by atoms with Gasteiger partial charge in [-0.25, -0.2) is 13.8 Å². The molecule has 0 unspecified atom stereocenters. The van der Waals surface area contributed by atoms with E-state index in [1.807, 2.05) is 0 Å². The average molecular weight is 283 g/mol. The first kappa shape index (κ1) is 13.2. The zero-order valence-electron chi connectivity index (χ0n) is 9.74. The van der Waals surface area contributed by atoms with E-state index in [-0.39, 0.29) is 16.3 Å². The lowest BCUT2D eigenvalue weighted by molar-refractivity contribution is 0.101. The van der Waals surface area contributed by atoms with Crippen LogP contribution in [0.4, 0.5) is 4.39 Å². The van der Waals surface area contributed by atoms with Gasteiger partial charge >= 0.3 is 5.69 Å². The van der Waals surface area contributed by atoms with Crippen molar-refractivity contribution in [1.82, 2.24) is 9.55 Å². The molecule has 0 saturated heterocycles. The Hall–Kier alpha value is -2.21. The topological polar surface area (TPSA) is 71.9 Å². The van der Waals surface area contributed by atoms with Crippen molar-refractivity contribution in [3.05, 3.63) is 61.6 Å². The highest BCUT2D eigenvalue weighted by Crippen LogP contribution is 2.18. The van der Waals surface area contributed by atoms with E-state index in [9.17, 15) is 18.8 Å². The fraction of sp³-hybridized carbons (Fsp3) is 0.0833. The molecule has 0 aliphatic heterocycles. The number of nitrogens with one attached hydrogen (secondary N) is 1. The summed E-state index contributed by atoms with van der Waals surface area (Å²) in [6, 6.07) is 3.23. The lowest BCUT2D eigenvalue weighted by Gasteiger charge is -2.07. The van der Waals surface area contributed by atoms with Crippen LogP contribution >= 0.6 is 11.6 Å². The third-order valence-electron chi connectivity index (χ3n) is 2.51. The summed E-state index contributed by atoms with van der Waals surface area (Å²) in [5, 5.41) is -0.103. The van der Waals surface area contributed by atoms with Crippen molar-refractivity contribution in [2.75, 3.05) is 0 Å². The Balaban J connectivity index is 2.82. The van der Waals surface area contributed by atoms with E-state index < -0.39 is 22.8 Å². The Bertz CT molecular complexity index is 779. The lowest BCUT2D eigenvalue weighted by Crippen LogP contribution is -2.36. The highest BCUT2D eigenvalue weighted by molar-refractivity contribution is 6.32. The van der Waals surface area contributed by atoms with E-state index >= 15 is 0 Å². The number of carbonyl (C=O) groups excluding carboxylic acids is 1. The SMILES string of the molecule is CC(=O)c1c[nH]c(=O)n(-c2ccc(F)cc2Cl)c1=O. The molecule has 0 bridgehead atoms. The van der Waals surface area contributed by atoms with Gasteiger partial charge in [0.1, 0.15) is 5.82 Å². The first-order valence-corrected chi connectivity index (χ1v) is 5.60. The number of rotatable bonds is 2. The van der Waals surface area contributed by atoms with Crippen LogP contribution in [0.15, 0.2) is 34.0 Å². The maximum atomic E-state index is 13.0. The normalized spacial score (nSPS) is 10.5. The molecule has 0 saturated carbocycles. The second kappa shape index (κ2) is 4.81. The van der Waals surface area contributed by atoms with Crippen LogP contribution in [0.3, 0.4) is 0 Å². The van der Waals surface area contributed by atoms with Crippen molar-refractivity contribution < 1.29 is 9.18 Å². The van der Waals surface area contributed by atoms with Gasteiger partial charge in [0.25, 0.3) is 5.56 Å². The van der Waals surface area contributed by atoms with Crippen molar-refractivity contribution >= 4 is 17.4 Å². The second-order valence-corrected chi connectivity index (χ2v) is 4.21. The Kier molecular flexibility index (Phi) is 3.35. The summed E-state index contributed by atoms with van der Waals surface area (Å²) in [7, 11) is 0. The standard InChI is InChI=1S/C12H8ClFN2O3/c1-6(17)8-5-15-12(19)16(11(8)18)10-3-2-7(14)4-9(10)13/h2-5H,1H3,(H,15,19). The van der Waals surface area contributed by atoms with Crippen LogP contribution in [0.5, 0.6) is 0 Å². The molecular formula is C12H8ClFN2O3. The van der Waals surface area contributed by atoms with Crippen molar-refractivity contribution in [2.45, 2.75) is 6.92 Å². The van der Waals surface area contributed by atoms with Gasteiger partial charge in [-0.1, -0.05) is 11.6 Å². The van der Waals surface area contributed by atoms with Crippen molar-refractivity contribution in [3.8, 4) is 5.69 Å². The molecule has 1 heterocycles. The monoisotopic (exact) mass is 282 g/mol. The number of carbonyl (C=O) groups is 1. The summed E-state index contributed by atoms with van der Waals surface area (Å²) in [6.45, 7) is 1.20. The van der Waals surface area contributed by atoms with Crippen molar-refractivity contribution in [3.63, 3.8) is 0 Å². The number of nitrogens with zero attached hydrogens (tertiary/aromatic N) is 1. The molecule has 0 radical (unpaired) electrons. The predicted molar refractivity (Wildman–Crippen MR) is 67.6 cm³/mol. The van der Waals surface area contributed by atoms with E-state index in [2.05, 4.69) is 4.98 Å². The largest absolute Gasteiger partial charge is 0.333 e. The molecule has 19 heavy (non-hydrogen) atoms. The molecule has 5 nitrogen and oxygen atoms in total. The number of hydrogen-bond donors (Lipinski definition) is 1. The van der Waals surface area contributed by atoms with Gasteiger partial charge in [-0.2, -0.15) is 0 Å². The fourth-order valence-corrected chi connectivity index (χ4v) is 1.86. The van der Waals surface area contributed by atoms with Crippen LogP contribution in [0, 0.1) is 5.82 Å². The molecule has 0 fully saturated rings. The predicted octanol–water partition coefficient (Wildman–Crippen LogP) is 1.52. The van der Waals surface area contributed by atoms with Crippen LogP contribution in [-0.2, 0) is 0 Å². The Morgan fingerprint density at radius 1 is 1.37 bits per heavy atom. The summed E-state index contributed by atoms with van der Waals surface area (Å²) < 4.78 is 13.7. The molecule has 2 rings (SSSR count). The minimum absolute atomic E-state index is 0.0115. The molecular weight excluding hydrogens is 275 g/mol. The van der Waals surface area contributed by atoms with Crippen molar-refractivity contribution in [2.24, 2.45) is 0 Å². The quantitative estimate of drug-likeness (QED) is 0.849. The van der Waals surface area contributed by atoms with E-state index in [0.717, 1.165) is 18.3 Å². The fourth-order valence-electron chi connectivity index (χ4n) is 1.61. The van der Waals surface area contributed by atoms with Gasteiger partial charge in [0.05, 0.1) is 16.3 Å². The van der Waals surface area contributed by atoms with Gasteiger partial charge in [0.15, 0.2) is 5.78 Å². The van der Waals surface area contributed by atoms with Crippen LogP contribution in [0.2, 0.25) is 5.02 Å². The third kappa shape index (κ3) is 2.34. The Morgan fingerprint density at radius 3 is 2.63 bits per heavy atom. The number of aromatic amines is 1. The maximum absolute atomic E-state index is 13.0. The van der Waals surface area contributed by atoms with Crippen molar-refractivity contribution in [1.29, 1.82) is 0 Å². The smallest absolute Gasteiger partial charge is 0.313 e. The number of Topliss-reactive ketones (excluding diaryl/α,β-unsaturated/α-hetero) is 1. The molecule has 2 aromatic rings. The molecule has 0 aliphatic carbocycles. The maximum Gasteiger partial charge on any atom is 0.333 e. The third-order valence-corrected chi connectivity index (χ3v) is 2.81. The molecule has 0 atom stereocenters. The molecule has 1 aromatic heterocycles. The average Bonchev–Trinajstić information content (AvgIpc) is 2.31. The zero-order chi connectivity index (χ0) is 14.2. The minimum atomic E-state index is -0.801. The summed E-state index contributed by atoms with van der Waals surface area (Å²) in [4.78, 5) is 37.3. The number of ketones is 1. The van der Waals surface area contributed by atoms with Crippen LogP contribution in [-0.4, -0.2) is 15.3 Å². The second-order valence-electron chi connectivity index (χ2n) is 3.80. The highest BCUT2D eigenvalue weighted by atomic mass is 35.5. The summed E-state index contributed by atoms with van der Waals surface area (Å²) >= 11 is 5.80. The highest BCUT2D eigenvalue weighted by Gasteiger charge is 2.14. The lowest BCUT2D eigenvalue weighted by atomic mass is 10.2. The van der Waals surface area contributed by atoms with E-state index in [1.54, 1.807) is 0 Å². The van der Waals surface area contributed by atoms with Crippen LogP contribution < -0.4 is 11.2 Å². The van der Waals surface area contributed by atoms with Gasteiger partial charge in [-0.3, -0.25) is 9.59 Å². The number of halogens is 2. The number of hydrogen-bond acceptors (Lipinski definition) is 3. The summed E-state index contributed by atoms with van der Waals surface area (Å²) in [5.74, 6) is -1.09. The van der Waals surface area contributed by atoms with Crippen LogP contribution in [0.1, 0.15) is 17.3 Å². The van der Waals surface area contributed by atoms with E-state index in [0.29, 0.717) is 4.57 Å². The molecule has 1 aromatic carbocycles. The molecule has 1 N–H and O–H groups in total. The first-order chi connectivity index (χ1) is 8.91. The van der Waals surface area contributed by atoms with Gasteiger partial charge in [-0.15, -0.1) is 0 Å². The molecule has 0 aliphatic rings. The minimum Gasteiger partial charge on any atom is -0.313 e. The number of aromatic nitrogens is 2. The van der Waals surface area contributed by atoms with E-state index in [4.69, 9.17) is 11.6 Å². The Morgan fingerprint density at radius 2 is 2.05 bits per heavy atom.